The van der Waals surface area contributed by atoms with E-state index in [1.165, 1.54) is 17.5 Å². The fraction of sp³-hybridized carbons (Fsp3) is 0.417. The first-order valence-electron chi connectivity index (χ1n) is 10.9. The zero-order chi connectivity index (χ0) is 23.5. The Morgan fingerprint density at radius 1 is 0.969 bits per heavy atom. The van der Waals surface area contributed by atoms with Crippen molar-refractivity contribution in [1.82, 2.24) is 4.90 Å². The maximum absolute atomic E-state index is 12.7. The normalized spacial score (nSPS) is 16.8. The van der Waals surface area contributed by atoms with Crippen molar-refractivity contribution in [3.8, 4) is 0 Å². The number of urea groups is 1. The number of anilines is 2. The lowest BCUT2D eigenvalue weighted by Gasteiger charge is -2.39. The lowest BCUT2D eigenvalue weighted by molar-refractivity contribution is 0.101. The van der Waals surface area contributed by atoms with Crippen LogP contribution in [0, 0.1) is 0 Å². The van der Waals surface area contributed by atoms with Crippen LogP contribution in [0.5, 0.6) is 0 Å². The van der Waals surface area contributed by atoms with Crippen molar-refractivity contribution in [3.05, 3.63) is 59.7 Å². The molecular formula is C24H31N3O4S. The monoisotopic (exact) mass is 457 g/mol. The lowest BCUT2D eigenvalue weighted by Crippen LogP contribution is -2.48. The minimum Gasteiger partial charge on any atom is -0.324 e. The van der Waals surface area contributed by atoms with Gasteiger partial charge in [-0.1, -0.05) is 32.0 Å². The molecule has 0 bridgehead atoms. The molecule has 2 amide bonds. The smallest absolute Gasteiger partial charge is 0.321 e. The average Bonchev–Trinajstić information content (AvgIpc) is 3.11. The molecule has 2 aromatic carbocycles. The summed E-state index contributed by atoms with van der Waals surface area (Å²) in [6.45, 7) is 7.02. The van der Waals surface area contributed by atoms with Crippen molar-refractivity contribution in [2.75, 3.05) is 35.5 Å². The molecule has 8 heteroatoms. The van der Waals surface area contributed by atoms with E-state index in [1.807, 2.05) is 38.1 Å². The quantitative estimate of drug-likeness (QED) is 0.698. The van der Waals surface area contributed by atoms with E-state index in [0.717, 1.165) is 11.3 Å². The molecule has 0 aliphatic carbocycles. The molecule has 32 heavy (non-hydrogen) atoms. The van der Waals surface area contributed by atoms with E-state index in [0.29, 0.717) is 43.7 Å². The van der Waals surface area contributed by atoms with E-state index in [9.17, 15) is 18.0 Å². The summed E-state index contributed by atoms with van der Waals surface area (Å²) in [6.07, 6.45) is 2.64. The average molecular weight is 458 g/mol. The van der Waals surface area contributed by atoms with Gasteiger partial charge in [0.05, 0.1) is 11.9 Å². The molecule has 2 heterocycles. The van der Waals surface area contributed by atoms with E-state index >= 15 is 0 Å². The number of ketones is 1. The van der Waals surface area contributed by atoms with Gasteiger partial charge in [0.1, 0.15) is 0 Å². The summed E-state index contributed by atoms with van der Waals surface area (Å²) in [7, 11) is -3.36. The number of Topliss-reactive ketones (excluding diaryl/α,β-unsaturated/α-hetero) is 1. The van der Waals surface area contributed by atoms with Crippen LogP contribution in [0.3, 0.4) is 0 Å². The largest absolute Gasteiger partial charge is 0.324 e. The number of amides is 2. The SMILES string of the molecule is CC.CC(=O)c1ccc(NC(=O)N2CCC3(CC2)CN(S(C)(=O)=O)c2ccccc23)cc1. The highest BCUT2D eigenvalue weighted by Crippen LogP contribution is 2.47. The second-order valence-corrected chi connectivity index (χ2v) is 10.0. The van der Waals surface area contributed by atoms with Crippen LogP contribution in [-0.4, -0.2) is 51.0 Å². The van der Waals surface area contributed by atoms with Crippen LogP contribution in [0.25, 0.3) is 0 Å². The van der Waals surface area contributed by atoms with Gasteiger partial charge in [0, 0.05) is 36.3 Å². The van der Waals surface area contributed by atoms with Crippen LogP contribution >= 0.6 is 0 Å². The number of rotatable bonds is 3. The summed E-state index contributed by atoms with van der Waals surface area (Å²) in [6, 6.07) is 14.3. The number of carbonyl (C=O) groups is 2. The zero-order valence-electron chi connectivity index (χ0n) is 19.1. The Balaban J connectivity index is 0.00000141. The van der Waals surface area contributed by atoms with Gasteiger partial charge in [0.2, 0.25) is 10.0 Å². The molecule has 2 aliphatic rings. The predicted molar refractivity (Wildman–Crippen MR) is 128 cm³/mol. The molecular weight excluding hydrogens is 426 g/mol. The number of fused-ring (bicyclic) bond motifs is 2. The Bertz CT molecular complexity index is 1090. The Labute approximate surface area is 190 Å². The first-order valence-corrected chi connectivity index (χ1v) is 12.8. The van der Waals surface area contributed by atoms with Crippen molar-refractivity contribution in [2.24, 2.45) is 0 Å². The second-order valence-electron chi connectivity index (χ2n) is 8.12. The zero-order valence-corrected chi connectivity index (χ0v) is 19.9. The number of para-hydroxylation sites is 1. The molecule has 1 N–H and O–H groups in total. The summed E-state index contributed by atoms with van der Waals surface area (Å²) >= 11 is 0. The molecule has 1 spiro atoms. The standard InChI is InChI=1S/C22H25N3O4S.C2H6/c1-16(26)17-7-9-18(10-8-17)23-21(27)24-13-11-22(12-14-24)15-25(30(2,28)29)20-6-4-3-5-19(20)22;1-2/h3-10H,11-15H2,1-2H3,(H,23,27);1-2H3. The molecule has 0 saturated carbocycles. The summed E-state index contributed by atoms with van der Waals surface area (Å²) in [5.41, 5.74) is 2.78. The molecule has 0 radical (unpaired) electrons. The minimum absolute atomic E-state index is 0.0193. The van der Waals surface area contributed by atoms with Gasteiger partial charge in [-0.05, 0) is 55.7 Å². The maximum Gasteiger partial charge on any atom is 0.321 e. The molecule has 172 valence electrons. The van der Waals surface area contributed by atoms with Crippen molar-refractivity contribution >= 4 is 33.2 Å². The van der Waals surface area contributed by atoms with Crippen LogP contribution in [0.2, 0.25) is 0 Å². The van der Waals surface area contributed by atoms with Gasteiger partial charge < -0.3 is 10.2 Å². The van der Waals surface area contributed by atoms with Crippen LogP contribution in [0.15, 0.2) is 48.5 Å². The van der Waals surface area contributed by atoms with Gasteiger partial charge in [-0.25, -0.2) is 13.2 Å². The first-order chi connectivity index (χ1) is 15.2. The highest BCUT2D eigenvalue weighted by molar-refractivity contribution is 7.92. The van der Waals surface area contributed by atoms with Crippen molar-refractivity contribution in [2.45, 2.75) is 39.0 Å². The number of carbonyl (C=O) groups excluding carboxylic acids is 2. The highest BCUT2D eigenvalue weighted by Gasteiger charge is 2.47. The second kappa shape index (κ2) is 9.32. The number of piperidine rings is 1. The molecule has 1 fully saturated rings. The Morgan fingerprint density at radius 2 is 1.56 bits per heavy atom. The molecule has 7 nitrogen and oxygen atoms in total. The van der Waals surface area contributed by atoms with Crippen LogP contribution in [0.4, 0.5) is 16.2 Å². The van der Waals surface area contributed by atoms with Gasteiger partial charge in [-0.3, -0.25) is 9.10 Å². The number of likely N-dealkylation sites (tertiary alicyclic amines) is 1. The van der Waals surface area contributed by atoms with Gasteiger partial charge in [0.25, 0.3) is 0 Å². The van der Waals surface area contributed by atoms with Gasteiger partial charge in [-0.15, -0.1) is 0 Å². The maximum atomic E-state index is 12.7. The van der Waals surface area contributed by atoms with Crippen molar-refractivity contribution in [1.29, 1.82) is 0 Å². The van der Waals surface area contributed by atoms with E-state index in [1.54, 1.807) is 29.2 Å². The summed E-state index contributed by atoms with van der Waals surface area (Å²) in [4.78, 5) is 25.8. The topological polar surface area (TPSA) is 86.8 Å². The molecule has 1 saturated heterocycles. The number of benzene rings is 2. The third-order valence-electron chi connectivity index (χ3n) is 6.14. The van der Waals surface area contributed by atoms with Crippen molar-refractivity contribution in [3.63, 3.8) is 0 Å². The van der Waals surface area contributed by atoms with Crippen LogP contribution < -0.4 is 9.62 Å². The van der Waals surface area contributed by atoms with Gasteiger partial charge >= 0.3 is 6.03 Å². The fourth-order valence-corrected chi connectivity index (χ4v) is 5.43. The molecule has 0 atom stereocenters. The summed E-state index contributed by atoms with van der Waals surface area (Å²) in [5, 5.41) is 2.88. The van der Waals surface area contributed by atoms with Crippen LogP contribution in [0.1, 0.15) is 49.5 Å². The predicted octanol–water partition coefficient (Wildman–Crippen LogP) is 4.26. The van der Waals surface area contributed by atoms with E-state index in [4.69, 9.17) is 0 Å². The van der Waals surface area contributed by atoms with Gasteiger partial charge in [0.15, 0.2) is 5.78 Å². The number of hydrogen-bond acceptors (Lipinski definition) is 4. The summed E-state index contributed by atoms with van der Waals surface area (Å²) < 4.78 is 26.1. The number of nitrogens with one attached hydrogen (secondary N) is 1. The fourth-order valence-electron chi connectivity index (χ4n) is 4.44. The molecule has 4 rings (SSSR count). The van der Waals surface area contributed by atoms with Gasteiger partial charge in [-0.2, -0.15) is 0 Å². The Kier molecular flexibility index (Phi) is 6.93. The Morgan fingerprint density at radius 3 is 2.12 bits per heavy atom. The minimum atomic E-state index is -3.36. The van der Waals surface area contributed by atoms with Crippen molar-refractivity contribution < 1.29 is 18.0 Å². The molecule has 0 unspecified atom stereocenters. The van der Waals surface area contributed by atoms with E-state index < -0.39 is 10.0 Å². The third kappa shape index (κ3) is 4.65. The van der Waals surface area contributed by atoms with E-state index in [2.05, 4.69) is 5.32 Å². The van der Waals surface area contributed by atoms with Crippen LogP contribution in [-0.2, 0) is 15.4 Å². The number of hydrogen-bond donors (Lipinski definition) is 1. The third-order valence-corrected chi connectivity index (χ3v) is 7.27. The number of nitrogens with zero attached hydrogens (tertiary/aromatic N) is 2. The van der Waals surface area contributed by atoms with E-state index in [-0.39, 0.29) is 17.2 Å². The number of sulfonamides is 1. The lowest BCUT2D eigenvalue weighted by atomic mass is 9.74. The summed E-state index contributed by atoms with van der Waals surface area (Å²) in [5.74, 6) is -0.0193. The Hall–Kier alpha value is -2.87. The highest BCUT2D eigenvalue weighted by atomic mass is 32.2. The molecule has 2 aliphatic heterocycles. The first kappa shape index (κ1) is 23.8. The molecule has 2 aromatic rings. The molecule has 0 aromatic heterocycles.